The van der Waals surface area contributed by atoms with Crippen LogP contribution in [0.5, 0.6) is 5.75 Å². The van der Waals surface area contributed by atoms with Gasteiger partial charge < -0.3 is 19.7 Å². The fourth-order valence-electron chi connectivity index (χ4n) is 3.14. The number of carbonyl (C=O) groups is 2. The predicted molar refractivity (Wildman–Crippen MR) is 110 cm³/mol. The number of carboxylic acid groups (broad SMARTS) is 1. The standard InChI is InChI=1S/C22H14N4O5/c1-30-18-10-19-16(9-14(18)13-4-6-24-7-5-13)20(26-31-19)21(27)25-17-3-2-12(11-23)8-15(17)22(28)29/h2-10H,1H3,(H,25,27)(H,28,29). The van der Waals surface area contributed by atoms with Crippen LogP contribution in [-0.4, -0.2) is 34.2 Å². The molecule has 0 radical (unpaired) electrons. The summed E-state index contributed by atoms with van der Waals surface area (Å²) in [5.74, 6) is -1.40. The number of hydrogen-bond acceptors (Lipinski definition) is 7. The summed E-state index contributed by atoms with van der Waals surface area (Å²) < 4.78 is 10.7. The maximum absolute atomic E-state index is 12.9. The van der Waals surface area contributed by atoms with Crippen molar-refractivity contribution in [2.24, 2.45) is 0 Å². The topological polar surface area (TPSA) is 138 Å². The van der Waals surface area contributed by atoms with Crippen LogP contribution in [0.2, 0.25) is 0 Å². The van der Waals surface area contributed by atoms with Crippen molar-refractivity contribution in [1.29, 1.82) is 5.26 Å². The van der Waals surface area contributed by atoms with Crippen LogP contribution in [0, 0.1) is 11.3 Å². The van der Waals surface area contributed by atoms with E-state index in [9.17, 15) is 14.7 Å². The summed E-state index contributed by atoms with van der Waals surface area (Å²) in [6.45, 7) is 0. The van der Waals surface area contributed by atoms with Crippen molar-refractivity contribution in [2.75, 3.05) is 12.4 Å². The van der Waals surface area contributed by atoms with Crippen molar-refractivity contribution in [3.8, 4) is 22.9 Å². The molecule has 0 aliphatic rings. The molecule has 4 aromatic rings. The summed E-state index contributed by atoms with van der Waals surface area (Å²) in [6, 6.07) is 12.8. The molecule has 0 atom stereocenters. The van der Waals surface area contributed by atoms with E-state index in [1.54, 1.807) is 36.7 Å². The van der Waals surface area contributed by atoms with E-state index in [4.69, 9.17) is 14.5 Å². The van der Waals surface area contributed by atoms with Gasteiger partial charge in [-0.25, -0.2) is 4.79 Å². The van der Waals surface area contributed by atoms with Crippen molar-refractivity contribution in [3.05, 3.63) is 71.7 Å². The molecule has 0 saturated carbocycles. The zero-order valence-electron chi connectivity index (χ0n) is 16.1. The number of rotatable bonds is 5. The maximum atomic E-state index is 12.9. The summed E-state index contributed by atoms with van der Waals surface area (Å²) in [5, 5.41) is 25.2. The fraction of sp³-hybridized carbons (Fsp3) is 0.0455. The average molecular weight is 414 g/mol. The van der Waals surface area contributed by atoms with Gasteiger partial charge >= 0.3 is 5.97 Å². The Bertz CT molecular complexity index is 1360. The van der Waals surface area contributed by atoms with E-state index in [1.807, 2.05) is 6.07 Å². The molecule has 0 aliphatic carbocycles. The Morgan fingerprint density at radius 3 is 2.61 bits per heavy atom. The Morgan fingerprint density at radius 1 is 1.16 bits per heavy atom. The predicted octanol–water partition coefficient (Wildman–Crippen LogP) is 3.72. The van der Waals surface area contributed by atoms with Crippen molar-refractivity contribution >= 4 is 28.5 Å². The zero-order chi connectivity index (χ0) is 22.0. The van der Waals surface area contributed by atoms with Crippen LogP contribution in [-0.2, 0) is 0 Å². The Hall–Kier alpha value is -4.71. The van der Waals surface area contributed by atoms with Gasteiger partial charge in [0.1, 0.15) is 5.75 Å². The summed E-state index contributed by atoms with van der Waals surface area (Å²) in [6.07, 6.45) is 3.27. The van der Waals surface area contributed by atoms with Gasteiger partial charge in [0, 0.05) is 24.0 Å². The van der Waals surface area contributed by atoms with Crippen LogP contribution in [0.4, 0.5) is 5.69 Å². The van der Waals surface area contributed by atoms with Gasteiger partial charge in [-0.3, -0.25) is 9.78 Å². The number of carbonyl (C=O) groups excluding carboxylic acids is 1. The molecular formula is C22H14N4O5. The third-order valence-electron chi connectivity index (χ3n) is 4.63. The molecule has 4 rings (SSSR count). The maximum Gasteiger partial charge on any atom is 0.337 e. The molecule has 152 valence electrons. The van der Waals surface area contributed by atoms with Crippen LogP contribution in [0.1, 0.15) is 26.4 Å². The molecule has 0 saturated heterocycles. The van der Waals surface area contributed by atoms with Crippen LogP contribution >= 0.6 is 0 Å². The highest BCUT2D eigenvalue weighted by Crippen LogP contribution is 2.35. The lowest BCUT2D eigenvalue weighted by Crippen LogP contribution is -2.15. The van der Waals surface area contributed by atoms with E-state index < -0.39 is 11.9 Å². The number of nitriles is 1. The number of amides is 1. The number of nitrogens with zero attached hydrogens (tertiary/aromatic N) is 3. The molecule has 2 heterocycles. The first-order chi connectivity index (χ1) is 15.0. The van der Waals surface area contributed by atoms with Gasteiger partial charge in [-0.1, -0.05) is 5.16 Å². The summed E-state index contributed by atoms with van der Waals surface area (Å²) in [5.41, 5.74) is 1.83. The van der Waals surface area contributed by atoms with E-state index in [2.05, 4.69) is 15.5 Å². The minimum absolute atomic E-state index is 0.0198. The van der Waals surface area contributed by atoms with Crippen molar-refractivity contribution in [3.63, 3.8) is 0 Å². The van der Waals surface area contributed by atoms with Gasteiger partial charge in [0.05, 0.1) is 35.4 Å². The van der Waals surface area contributed by atoms with Gasteiger partial charge in [-0.05, 0) is 42.0 Å². The largest absolute Gasteiger partial charge is 0.496 e. The first-order valence-electron chi connectivity index (χ1n) is 8.98. The van der Waals surface area contributed by atoms with E-state index in [0.29, 0.717) is 22.3 Å². The molecule has 1 amide bonds. The zero-order valence-corrected chi connectivity index (χ0v) is 16.1. The third kappa shape index (κ3) is 3.65. The summed E-state index contributed by atoms with van der Waals surface area (Å²) in [4.78, 5) is 28.4. The highest BCUT2D eigenvalue weighted by Gasteiger charge is 2.21. The van der Waals surface area contributed by atoms with Crippen LogP contribution in [0.15, 0.2) is 59.4 Å². The monoisotopic (exact) mass is 414 g/mol. The van der Waals surface area contributed by atoms with E-state index >= 15 is 0 Å². The fourth-order valence-corrected chi connectivity index (χ4v) is 3.14. The minimum Gasteiger partial charge on any atom is -0.496 e. The first kappa shape index (κ1) is 19.6. The molecule has 9 nitrogen and oxygen atoms in total. The Balaban J connectivity index is 1.76. The summed E-state index contributed by atoms with van der Waals surface area (Å²) >= 11 is 0. The second-order valence-corrected chi connectivity index (χ2v) is 6.45. The number of aromatic carboxylic acids is 1. The molecule has 2 N–H and O–H groups in total. The summed E-state index contributed by atoms with van der Waals surface area (Å²) in [7, 11) is 1.52. The third-order valence-corrected chi connectivity index (χ3v) is 4.63. The lowest BCUT2D eigenvalue weighted by molar-refractivity contribution is 0.0698. The van der Waals surface area contributed by atoms with Crippen LogP contribution < -0.4 is 10.1 Å². The van der Waals surface area contributed by atoms with Crippen LogP contribution in [0.25, 0.3) is 22.1 Å². The van der Waals surface area contributed by atoms with Gasteiger partial charge in [0.2, 0.25) is 0 Å². The number of fused-ring (bicyclic) bond motifs is 1. The molecule has 0 aliphatic heterocycles. The molecule has 31 heavy (non-hydrogen) atoms. The highest BCUT2D eigenvalue weighted by molar-refractivity contribution is 6.13. The number of ether oxygens (including phenoxy) is 1. The Morgan fingerprint density at radius 2 is 1.94 bits per heavy atom. The smallest absolute Gasteiger partial charge is 0.337 e. The number of nitrogens with one attached hydrogen (secondary N) is 1. The van der Waals surface area contributed by atoms with Crippen molar-refractivity contribution in [2.45, 2.75) is 0 Å². The molecule has 0 unspecified atom stereocenters. The normalized spacial score (nSPS) is 10.5. The number of aromatic nitrogens is 2. The second-order valence-electron chi connectivity index (χ2n) is 6.45. The number of benzene rings is 2. The highest BCUT2D eigenvalue weighted by atomic mass is 16.5. The molecule has 2 aromatic heterocycles. The molecule has 0 bridgehead atoms. The number of methoxy groups -OCH3 is 1. The second kappa shape index (κ2) is 7.96. The quantitative estimate of drug-likeness (QED) is 0.504. The number of pyridine rings is 1. The molecule has 9 heteroatoms. The van der Waals surface area contributed by atoms with Crippen molar-refractivity contribution < 1.29 is 24.0 Å². The lowest BCUT2D eigenvalue weighted by atomic mass is 10.0. The Kier molecular flexibility index (Phi) is 5.03. The van der Waals surface area contributed by atoms with Crippen molar-refractivity contribution in [1.82, 2.24) is 10.1 Å². The minimum atomic E-state index is -1.28. The molecule has 2 aromatic carbocycles. The first-order valence-corrected chi connectivity index (χ1v) is 8.98. The Labute approximate surface area is 175 Å². The van der Waals surface area contributed by atoms with E-state index in [-0.39, 0.29) is 22.5 Å². The molecular weight excluding hydrogens is 400 g/mol. The average Bonchev–Trinajstić information content (AvgIpc) is 3.21. The van der Waals surface area contributed by atoms with E-state index in [0.717, 1.165) is 5.56 Å². The molecule has 0 fully saturated rings. The van der Waals surface area contributed by atoms with Gasteiger partial charge in [-0.15, -0.1) is 0 Å². The van der Waals surface area contributed by atoms with Gasteiger partial charge in [-0.2, -0.15) is 5.26 Å². The van der Waals surface area contributed by atoms with E-state index in [1.165, 1.54) is 25.3 Å². The number of carboxylic acids is 1. The SMILES string of the molecule is COc1cc2onc(C(=O)Nc3ccc(C#N)cc3C(=O)O)c2cc1-c1ccncc1. The van der Waals surface area contributed by atoms with Crippen LogP contribution in [0.3, 0.4) is 0 Å². The number of hydrogen-bond donors (Lipinski definition) is 2. The number of anilines is 1. The van der Waals surface area contributed by atoms with Gasteiger partial charge in [0.25, 0.3) is 5.91 Å². The lowest BCUT2D eigenvalue weighted by Gasteiger charge is -2.09. The molecule has 0 spiro atoms. The van der Waals surface area contributed by atoms with Gasteiger partial charge in [0.15, 0.2) is 11.3 Å².